The first-order valence-electron chi connectivity index (χ1n) is 22.2. The number of hydrogen-bond donors (Lipinski definition) is 4. The molecule has 0 saturated carbocycles. The Morgan fingerprint density at radius 1 is 0.586 bits per heavy atom. The minimum absolute atomic E-state index is 0.151. The Hall–Kier alpha value is -2.39. The summed E-state index contributed by atoms with van der Waals surface area (Å²) in [5, 5.41) is 30.9. The number of rotatable bonds is 36. The van der Waals surface area contributed by atoms with E-state index < -0.39 is 71.2 Å². The Morgan fingerprint density at radius 3 is 1.59 bits per heavy atom. The molecule has 0 spiro atoms. The highest BCUT2D eigenvalue weighted by Gasteiger charge is 2.46. The van der Waals surface area contributed by atoms with Crippen LogP contribution in [0.1, 0.15) is 168 Å². The second-order valence-electron chi connectivity index (χ2n) is 15.4. The molecule has 0 bridgehead atoms. The van der Waals surface area contributed by atoms with E-state index in [0.717, 1.165) is 96.3 Å². The van der Waals surface area contributed by atoms with Crippen LogP contribution in [0.4, 0.5) is 0 Å². The van der Waals surface area contributed by atoms with Crippen LogP contribution in [0, 0.1) is 0 Å². The lowest BCUT2D eigenvalue weighted by molar-refractivity contribution is -0.297. The number of unbranched alkanes of at least 4 members (excludes halogenated alkanes) is 16. The topological polar surface area (TPSA) is 186 Å². The lowest BCUT2D eigenvalue weighted by Crippen LogP contribution is -2.60. The van der Waals surface area contributed by atoms with Crippen molar-refractivity contribution in [3.05, 3.63) is 48.6 Å². The van der Waals surface area contributed by atoms with E-state index in [4.69, 9.17) is 18.9 Å². The fourth-order valence-electron chi connectivity index (χ4n) is 6.39. The lowest BCUT2D eigenvalue weighted by atomic mass is 10.00. The maximum Gasteiger partial charge on any atom is 0.306 e. The molecular formula is C45H78O12S. The molecule has 1 aliphatic heterocycles. The maximum atomic E-state index is 12.8. The van der Waals surface area contributed by atoms with Crippen LogP contribution in [0.5, 0.6) is 0 Å². The Labute approximate surface area is 350 Å². The predicted octanol–water partition coefficient (Wildman–Crippen LogP) is 8.78. The number of allylic oxidation sites excluding steroid dienone is 8. The number of carbonyl (C=O) groups excluding carboxylic acids is 2. The molecule has 336 valence electrons. The van der Waals surface area contributed by atoms with E-state index in [-0.39, 0.29) is 19.4 Å². The van der Waals surface area contributed by atoms with Gasteiger partial charge in [0, 0.05) is 12.8 Å². The molecule has 1 fully saturated rings. The number of ether oxygens (including phenoxy) is 4. The summed E-state index contributed by atoms with van der Waals surface area (Å²) in [6.07, 6.45) is 31.5. The maximum absolute atomic E-state index is 12.8. The van der Waals surface area contributed by atoms with Gasteiger partial charge in [-0.1, -0.05) is 133 Å². The molecule has 13 heteroatoms. The molecule has 0 aromatic carbocycles. The van der Waals surface area contributed by atoms with Gasteiger partial charge in [-0.05, 0) is 70.6 Å². The van der Waals surface area contributed by atoms with Crippen LogP contribution in [-0.4, -0.2) is 96.0 Å². The standard InChI is InChI=1S/C45H78O12S/c1-3-5-7-9-11-13-15-17-18-19-20-22-24-26-28-30-32-34-41(47)56-38(36-55-45-44(50)43(49)42(48)39(57-45)37-58(51,52)53)35-54-40(46)33-31-29-27-25-23-21-16-14-12-10-8-6-4-2/h8,10-11,13-14,16-18,38-39,42-45,48-50H,3-7,9,12,15,19-37H2,1-2H3,(H,51,52,53)/b10-8-,13-11-,16-14-,18-17-. The zero-order chi connectivity index (χ0) is 42.7. The third kappa shape index (κ3) is 29.8. The van der Waals surface area contributed by atoms with Gasteiger partial charge in [-0.25, -0.2) is 0 Å². The van der Waals surface area contributed by atoms with Gasteiger partial charge in [0.2, 0.25) is 0 Å². The van der Waals surface area contributed by atoms with Crippen molar-refractivity contribution >= 4 is 22.1 Å². The van der Waals surface area contributed by atoms with Crippen LogP contribution < -0.4 is 0 Å². The van der Waals surface area contributed by atoms with Gasteiger partial charge in [-0.3, -0.25) is 14.1 Å². The summed E-state index contributed by atoms with van der Waals surface area (Å²) in [6, 6.07) is 0. The van der Waals surface area contributed by atoms with Crippen LogP contribution in [0.25, 0.3) is 0 Å². The normalized spacial score (nSPS) is 20.8. The van der Waals surface area contributed by atoms with E-state index in [2.05, 4.69) is 62.5 Å². The number of aliphatic hydroxyl groups is 3. The summed E-state index contributed by atoms with van der Waals surface area (Å²) >= 11 is 0. The fourth-order valence-corrected chi connectivity index (χ4v) is 7.08. The summed E-state index contributed by atoms with van der Waals surface area (Å²) in [5.41, 5.74) is 0. The van der Waals surface area contributed by atoms with Crippen LogP contribution in [0.2, 0.25) is 0 Å². The highest BCUT2D eigenvalue weighted by Crippen LogP contribution is 2.24. The second-order valence-corrected chi connectivity index (χ2v) is 16.9. The molecule has 4 N–H and O–H groups in total. The van der Waals surface area contributed by atoms with Crippen molar-refractivity contribution in [1.82, 2.24) is 0 Å². The first-order valence-corrected chi connectivity index (χ1v) is 23.8. The van der Waals surface area contributed by atoms with E-state index >= 15 is 0 Å². The van der Waals surface area contributed by atoms with Crippen molar-refractivity contribution in [2.75, 3.05) is 19.0 Å². The highest BCUT2D eigenvalue weighted by molar-refractivity contribution is 7.85. The second kappa shape index (κ2) is 35.4. The summed E-state index contributed by atoms with van der Waals surface area (Å²) in [4.78, 5) is 25.4. The Kier molecular flexibility index (Phi) is 32.7. The Balaban J connectivity index is 2.47. The first-order chi connectivity index (χ1) is 28.0. The summed E-state index contributed by atoms with van der Waals surface area (Å²) < 4.78 is 54.0. The predicted molar refractivity (Wildman–Crippen MR) is 229 cm³/mol. The van der Waals surface area contributed by atoms with Gasteiger partial charge in [0.05, 0.1) is 6.61 Å². The minimum Gasteiger partial charge on any atom is -0.462 e. The third-order valence-corrected chi connectivity index (χ3v) is 10.6. The fraction of sp³-hybridized carbons (Fsp3) is 0.778. The van der Waals surface area contributed by atoms with Gasteiger partial charge >= 0.3 is 11.9 Å². The zero-order valence-electron chi connectivity index (χ0n) is 35.6. The van der Waals surface area contributed by atoms with Crippen LogP contribution in [-0.2, 0) is 38.7 Å². The number of carbonyl (C=O) groups is 2. The van der Waals surface area contributed by atoms with Gasteiger partial charge in [0.1, 0.15) is 36.8 Å². The van der Waals surface area contributed by atoms with E-state index in [1.807, 2.05) is 0 Å². The van der Waals surface area contributed by atoms with E-state index in [9.17, 15) is 37.9 Å². The SMILES string of the molecule is CCC/C=C\C/C=C\CCCCCCCC(=O)OCC(COC1OC(CS(=O)(=O)O)C(O)C(O)C1O)OC(=O)CCCCCCCCC/C=C\C/C=C\CCCCC. The van der Waals surface area contributed by atoms with Gasteiger partial charge in [0.15, 0.2) is 12.4 Å². The average molecular weight is 843 g/mol. The molecule has 1 rings (SSSR count). The molecule has 1 saturated heterocycles. The number of aliphatic hydroxyl groups excluding tert-OH is 3. The van der Waals surface area contributed by atoms with E-state index in [1.165, 1.54) is 32.1 Å². The van der Waals surface area contributed by atoms with Gasteiger partial charge in [-0.2, -0.15) is 8.42 Å². The largest absolute Gasteiger partial charge is 0.462 e. The molecule has 6 unspecified atom stereocenters. The van der Waals surface area contributed by atoms with Gasteiger partial charge in [0.25, 0.3) is 10.1 Å². The molecular weight excluding hydrogens is 765 g/mol. The first kappa shape index (κ1) is 53.6. The molecule has 0 aromatic heterocycles. The molecule has 0 aliphatic carbocycles. The molecule has 0 amide bonds. The Bertz CT molecular complexity index is 1260. The molecule has 6 atom stereocenters. The van der Waals surface area contributed by atoms with E-state index in [1.54, 1.807) is 0 Å². The monoisotopic (exact) mass is 843 g/mol. The quantitative estimate of drug-likeness (QED) is 0.0204. The van der Waals surface area contributed by atoms with Gasteiger partial charge in [-0.15, -0.1) is 0 Å². The third-order valence-electron chi connectivity index (χ3n) is 9.86. The molecule has 12 nitrogen and oxygen atoms in total. The van der Waals surface area contributed by atoms with Crippen molar-refractivity contribution < 1.29 is 56.8 Å². The average Bonchev–Trinajstić information content (AvgIpc) is 3.18. The van der Waals surface area contributed by atoms with Crippen molar-refractivity contribution in [2.24, 2.45) is 0 Å². The molecule has 1 heterocycles. The highest BCUT2D eigenvalue weighted by atomic mass is 32.2. The smallest absolute Gasteiger partial charge is 0.306 e. The van der Waals surface area contributed by atoms with Crippen molar-refractivity contribution in [3.63, 3.8) is 0 Å². The zero-order valence-corrected chi connectivity index (χ0v) is 36.5. The summed E-state index contributed by atoms with van der Waals surface area (Å²) in [5.74, 6) is -2.02. The van der Waals surface area contributed by atoms with Crippen LogP contribution in [0.15, 0.2) is 48.6 Å². The van der Waals surface area contributed by atoms with Crippen molar-refractivity contribution in [2.45, 2.75) is 205 Å². The summed E-state index contributed by atoms with van der Waals surface area (Å²) in [7, 11) is -4.60. The number of hydrogen-bond acceptors (Lipinski definition) is 11. The molecule has 58 heavy (non-hydrogen) atoms. The molecule has 0 aromatic rings. The summed E-state index contributed by atoms with van der Waals surface area (Å²) in [6.45, 7) is 3.64. The lowest BCUT2D eigenvalue weighted by Gasteiger charge is -2.40. The minimum atomic E-state index is -4.60. The van der Waals surface area contributed by atoms with Gasteiger partial charge < -0.3 is 34.3 Å². The van der Waals surface area contributed by atoms with Crippen molar-refractivity contribution in [1.29, 1.82) is 0 Å². The van der Waals surface area contributed by atoms with Crippen molar-refractivity contribution in [3.8, 4) is 0 Å². The molecule has 1 aliphatic rings. The Morgan fingerprint density at radius 2 is 1.07 bits per heavy atom. The van der Waals surface area contributed by atoms with Crippen LogP contribution >= 0.6 is 0 Å². The van der Waals surface area contributed by atoms with Crippen LogP contribution in [0.3, 0.4) is 0 Å². The molecule has 0 radical (unpaired) electrons. The van der Waals surface area contributed by atoms with E-state index in [0.29, 0.717) is 12.8 Å². The number of esters is 2.